The van der Waals surface area contributed by atoms with Crippen LogP contribution < -0.4 is 5.32 Å². The highest BCUT2D eigenvalue weighted by atomic mass is 32.1. The molecule has 2 aromatic heterocycles. The van der Waals surface area contributed by atoms with E-state index in [2.05, 4.69) is 27.6 Å². The van der Waals surface area contributed by atoms with Gasteiger partial charge in [0, 0.05) is 0 Å². The quantitative estimate of drug-likeness (QED) is 0.777. The first-order valence-electron chi connectivity index (χ1n) is 7.29. The minimum absolute atomic E-state index is 0.0885. The zero-order valence-electron chi connectivity index (χ0n) is 11.9. The number of carbonyl (C=O) groups excluding carboxylic acids is 1. The van der Waals surface area contributed by atoms with Gasteiger partial charge in [0.25, 0.3) is 5.91 Å². The number of benzene rings is 1. The van der Waals surface area contributed by atoms with E-state index in [-0.39, 0.29) is 11.9 Å². The maximum atomic E-state index is 12.4. The Bertz CT molecular complexity index is 807. The van der Waals surface area contributed by atoms with Gasteiger partial charge >= 0.3 is 0 Å². The lowest BCUT2D eigenvalue weighted by Crippen LogP contribution is -2.27. The van der Waals surface area contributed by atoms with Crippen LogP contribution in [0.2, 0.25) is 0 Å². The standard InChI is InChI=1S/C17H15N3OS/c21-17(15-10-14(19-20-15)16-6-3-9-22-16)18-13-8-7-11-4-1-2-5-12(11)13/h1-6,9-10,13H,7-8H2,(H,18,21)(H,19,20)/t13-/m1/s1. The van der Waals surface area contributed by atoms with Crippen LogP contribution in [0.1, 0.15) is 34.1 Å². The Morgan fingerprint density at radius 2 is 2.18 bits per heavy atom. The number of nitrogens with one attached hydrogen (secondary N) is 2. The lowest BCUT2D eigenvalue weighted by atomic mass is 10.1. The Labute approximate surface area is 132 Å². The molecule has 22 heavy (non-hydrogen) atoms. The highest BCUT2D eigenvalue weighted by molar-refractivity contribution is 7.13. The van der Waals surface area contributed by atoms with Crippen molar-refractivity contribution < 1.29 is 4.79 Å². The molecule has 2 heterocycles. The lowest BCUT2D eigenvalue weighted by molar-refractivity contribution is 0.0931. The van der Waals surface area contributed by atoms with Crippen molar-refractivity contribution in [2.75, 3.05) is 0 Å². The number of aryl methyl sites for hydroxylation is 1. The van der Waals surface area contributed by atoms with Gasteiger partial charge in [-0.05, 0) is 41.5 Å². The van der Waals surface area contributed by atoms with Crippen LogP contribution in [0.4, 0.5) is 0 Å². The molecule has 4 rings (SSSR count). The molecule has 1 aliphatic carbocycles. The van der Waals surface area contributed by atoms with E-state index in [4.69, 9.17) is 0 Å². The van der Waals surface area contributed by atoms with E-state index in [0.29, 0.717) is 5.69 Å². The molecule has 0 aliphatic heterocycles. The number of hydrogen-bond donors (Lipinski definition) is 2. The number of rotatable bonds is 3. The molecule has 0 fully saturated rings. The van der Waals surface area contributed by atoms with Crippen molar-refractivity contribution in [3.8, 4) is 10.6 Å². The van der Waals surface area contributed by atoms with Gasteiger partial charge in [0.15, 0.2) is 5.69 Å². The molecule has 0 spiro atoms. The summed E-state index contributed by atoms with van der Waals surface area (Å²) in [5.41, 5.74) is 3.87. The molecule has 1 aliphatic rings. The first kappa shape index (κ1) is 13.3. The van der Waals surface area contributed by atoms with E-state index in [1.807, 2.05) is 35.7 Å². The Morgan fingerprint density at radius 1 is 1.27 bits per heavy atom. The number of nitrogens with zero attached hydrogens (tertiary/aromatic N) is 1. The molecular weight excluding hydrogens is 294 g/mol. The second-order valence-electron chi connectivity index (χ2n) is 5.41. The molecule has 2 N–H and O–H groups in total. The van der Waals surface area contributed by atoms with E-state index in [0.717, 1.165) is 23.4 Å². The average molecular weight is 309 g/mol. The topological polar surface area (TPSA) is 57.8 Å². The summed E-state index contributed by atoms with van der Waals surface area (Å²) in [4.78, 5) is 13.5. The third-order valence-corrected chi connectivity index (χ3v) is 4.94. The van der Waals surface area contributed by atoms with Crippen molar-refractivity contribution in [2.24, 2.45) is 0 Å². The first-order valence-corrected chi connectivity index (χ1v) is 8.17. The van der Waals surface area contributed by atoms with Gasteiger partial charge in [-0.2, -0.15) is 5.10 Å². The summed E-state index contributed by atoms with van der Waals surface area (Å²) in [5, 5.41) is 12.2. The Hall–Kier alpha value is -2.40. The van der Waals surface area contributed by atoms with Crippen molar-refractivity contribution in [3.63, 3.8) is 0 Å². The van der Waals surface area contributed by atoms with Gasteiger partial charge in [-0.25, -0.2) is 0 Å². The van der Waals surface area contributed by atoms with Gasteiger partial charge in [0.1, 0.15) is 0 Å². The van der Waals surface area contributed by atoms with E-state index >= 15 is 0 Å². The zero-order chi connectivity index (χ0) is 14.9. The summed E-state index contributed by atoms with van der Waals surface area (Å²) >= 11 is 1.62. The molecule has 0 bridgehead atoms. The maximum Gasteiger partial charge on any atom is 0.272 e. The molecule has 0 saturated carbocycles. The highest BCUT2D eigenvalue weighted by Gasteiger charge is 2.24. The third kappa shape index (κ3) is 2.33. The van der Waals surface area contributed by atoms with Crippen molar-refractivity contribution in [1.29, 1.82) is 0 Å². The average Bonchev–Trinajstić information content (AvgIpc) is 3.28. The number of H-pyrrole nitrogens is 1. The van der Waals surface area contributed by atoms with Gasteiger partial charge in [0.05, 0.1) is 16.6 Å². The summed E-state index contributed by atoms with van der Waals surface area (Å²) in [6.07, 6.45) is 1.97. The van der Waals surface area contributed by atoms with E-state index < -0.39 is 0 Å². The van der Waals surface area contributed by atoms with Crippen LogP contribution >= 0.6 is 11.3 Å². The Morgan fingerprint density at radius 3 is 3.05 bits per heavy atom. The van der Waals surface area contributed by atoms with Crippen LogP contribution in [0.5, 0.6) is 0 Å². The van der Waals surface area contributed by atoms with Crippen molar-refractivity contribution in [2.45, 2.75) is 18.9 Å². The Kier molecular flexibility index (Phi) is 3.27. The van der Waals surface area contributed by atoms with E-state index in [1.54, 1.807) is 11.3 Å². The Balaban J connectivity index is 1.52. The summed E-state index contributed by atoms with van der Waals surface area (Å²) in [7, 11) is 0. The molecule has 4 nitrogen and oxygen atoms in total. The van der Waals surface area contributed by atoms with Gasteiger partial charge in [-0.3, -0.25) is 9.89 Å². The molecule has 0 radical (unpaired) electrons. The van der Waals surface area contributed by atoms with Crippen molar-refractivity contribution in [1.82, 2.24) is 15.5 Å². The maximum absolute atomic E-state index is 12.4. The largest absolute Gasteiger partial charge is 0.344 e. The predicted molar refractivity (Wildman–Crippen MR) is 86.9 cm³/mol. The minimum atomic E-state index is -0.124. The minimum Gasteiger partial charge on any atom is -0.344 e. The molecule has 3 aromatic rings. The number of aromatic nitrogens is 2. The monoisotopic (exact) mass is 309 g/mol. The van der Waals surface area contributed by atoms with Gasteiger partial charge < -0.3 is 5.32 Å². The van der Waals surface area contributed by atoms with Crippen molar-refractivity contribution in [3.05, 3.63) is 64.7 Å². The molecule has 1 atom stereocenters. The van der Waals surface area contributed by atoms with Crippen LogP contribution in [-0.2, 0) is 6.42 Å². The van der Waals surface area contributed by atoms with Gasteiger partial charge in [-0.1, -0.05) is 30.3 Å². The fourth-order valence-electron chi connectivity index (χ4n) is 2.94. The van der Waals surface area contributed by atoms with Gasteiger partial charge in [-0.15, -0.1) is 11.3 Å². The molecule has 1 aromatic carbocycles. The number of aromatic amines is 1. The fourth-order valence-corrected chi connectivity index (χ4v) is 3.63. The molecule has 0 unspecified atom stereocenters. The van der Waals surface area contributed by atoms with E-state index in [1.165, 1.54) is 11.1 Å². The summed E-state index contributed by atoms with van der Waals surface area (Å²) in [6.45, 7) is 0. The second-order valence-corrected chi connectivity index (χ2v) is 6.36. The first-order chi connectivity index (χ1) is 10.8. The van der Waals surface area contributed by atoms with Crippen LogP contribution in [0, 0.1) is 0 Å². The smallest absolute Gasteiger partial charge is 0.272 e. The van der Waals surface area contributed by atoms with Crippen molar-refractivity contribution >= 4 is 17.2 Å². The fraction of sp³-hybridized carbons (Fsp3) is 0.176. The summed E-state index contributed by atoms with van der Waals surface area (Å²) in [6, 6.07) is 14.2. The zero-order valence-corrected chi connectivity index (χ0v) is 12.7. The molecule has 5 heteroatoms. The molecule has 0 saturated heterocycles. The predicted octanol–water partition coefficient (Wildman–Crippen LogP) is 3.56. The van der Waals surface area contributed by atoms with Crippen LogP contribution in [0.3, 0.4) is 0 Å². The number of hydrogen-bond acceptors (Lipinski definition) is 3. The molecule has 1 amide bonds. The molecular formula is C17H15N3OS. The van der Waals surface area contributed by atoms with Gasteiger partial charge in [0.2, 0.25) is 0 Å². The number of fused-ring (bicyclic) bond motifs is 1. The highest BCUT2D eigenvalue weighted by Crippen LogP contribution is 2.31. The molecule has 110 valence electrons. The summed E-state index contributed by atoms with van der Waals surface area (Å²) < 4.78 is 0. The van der Waals surface area contributed by atoms with Crippen LogP contribution in [0.25, 0.3) is 10.6 Å². The summed E-state index contributed by atoms with van der Waals surface area (Å²) in [5.74, 6) is -0.124. The number of carbonyl (C=O) groups is 1. The SMILES string of the molecule is O=C(N[C@@H]1CCc2ccccc21)c1cc(-c2cccs2)[nH]n1. The van der Waals surface area contributed by atoms with Crippen LogP contribution in [0.15, 0.2) is 47.8 Å². The normalized spacial score (nSPS) is 16.5. The number of thiophene rings is 1. The second kappa shape index (κ2) is 5.42. The number of amides is 1. The third-order valence-electron chi connectivity index (χ3n) is 4.04. The van der Waals surface area contributed by atoms with Crippen LogP contribution in [-0.4, -0.2) is 16.1 Å². The lowest BCUT2D eigenvalue weighted by Gasteiger charge is -2.12. The van der Waals surface area contributed by atoms with E-state index in [9.17, 15) is 4.79 Å².